The highest BCUT2D eigenvalue weighted by atomic mass is 16.8. The average Bonchev–Trinajstić information content (AvgIpc) is 3.25. The van der Waals surface area contributed by atoms with Crippen LogP contribution in [-0.2, 0) is 23.7 Å². The molecule has 14 heteroatoms. The Labute approximate surface area is 324 Å². The van der Waals surface area contributed by atoms with Crippen LogP contribution in [0.3, 0.4) is 0 Å². The van der Waals surface area contributed by atoms with Crippen molar-refractivity contribution < 1.29 is 69.6 Å². The van der Waals surface area contributed by atoms with Crippen molar-refractivity contribution in [2.24, 2.45) is 44.8 Å². The van der Waals surface area contributed by atoms with Gasteiger partial charge in [0.2, 0.25) is 0 Å². The van der Waals surface area contributed by atoms with E-state index >= 15 is 0 Å². The second kappa shape index (κ2) is 13.0. The quantitative estimate of drug-likeness (QED) is 0.155. The molecule has 0 aromatic carbocycles. The molecule has 0 aromatic rings. The lowest BCUT2D eigenvalue weighted by Crippen LogP contribution is -2.65. The molecule has 3 aliphatic heterocycles. The molecule has 0 amide bonds. The van der Waals surface area contributed by atoms with Crippen LogP contribution in [0.15, 0.2) is 0 Å². The molecule has 3 saturated heterocycles. The Kier molecular flexibility index (Phi) is 9.71. The van der Waals surface area contributed by atoms with Gasteiger partial charge in [0.05, 0.1) is 55.4 Å². The summed E-state index contributed by atoms with van der Waals surface area (Å²) in [6.45, 7) is 12.8. The summed E-state index contributed by atoms with van der Waals surface area (Å²) < 4.78 is 30.9. The molecule has 0 unspecified atom stereocenters. The molecule has 5 saturated carbocycles. The second-order valence-corrected chi connectivity index (χ2v) is 21.2. The van der Waals surface area contributed by atoms with Gasteiger partial charge in [-0.05, 0) is 117 Å². The average molecular weight is 785 g/mol. The van der Waals surface area contributed by atoms with Gasteiger partial charge < -0.3 is 69.6 Å². The predicted octanol–water partition coefficient (Wildman–Crippen LogP) is 0.726. The van der Waals surface area contributed by atoms with E-state index in [1.54, 1.807) is 13.8 Å². The topological polar surface area (TPSA) is 228 Å². The first-order chi connectivity index (χ1) is 25.5. The van der Waals surface area contributed by atoms with Gasteiger partial charge in [-0.1, -0.05) is 27.7 Å². The van der Waals surface area contributed by atoms with Crippen LogP contribution in [0.4, 0.5) is 0 Å². The summed E-state index contributed by atoms with van der Waals surface area (Å²) in [7, 11) is 0. The zero-order valence-electron chi connectivity index (χ0n) is 33.6. The highest BCUT2D eigenvalue weighted by Gasteiger charge is 2.85. The van der Waals surface area contributed by atoms with Gasteiger partial charge in [-0.3, -0.25) is 0 Å². The monoisotopic (exact) mass is 784 g/mol. The molecule has 5 aliphatic carbocycles. The lowest BCUT2D eigenvalue weighted by molar-refractivity contribution is -0.355. The molecule has 3 heterocycles. The Morgan fingerprint density at radius 1 is 0.782 bits per heavy atom. The van der Waals surface area contributed by atoms with Gasteiger partial charge in [0.15, 0.2) is 12.6 Å². The van der Waals surface area contributed by atoms with E-state index in [1.165, 1.54) is 0 Å². The summed E-state index contributed by atoms with van der Waals surface area (Å²) in [4.78, 5) is 0. The van der Waals surface area contributed by atoms with E-state index < -0.39 is 103 Å². The number of rotatable bonds is 8. The number of ether oxygens (including phenoxy) is 5. The van der Waals surface area contributed by atoms with Crippen LogP contribution in [0.2, 0.25) is 0 Å². The lowest BCUT2D eigenvalue weighted by atomic mass is 9.41. The molecule has 20 atom stereocenters. The first-order valence-corrected chi connectivity index (χ1v) is 20.8. The summed E-state index contributed by atoms with van der Waals surface area (Å²) in [6, 6.07) is 0. The number of hydrogen-bond donors (Lipinski definition) is 9. The fourth-order valence-electron chi connectivity index (χ4n) is 14.9. The Balaban J connectivity index is 1.04. The van der Waals surface area contributed by atoms with E-state index in [1.807, 2.05) is 0 Å². The van der Waals surface area contributed by atoms with Crippen molar-refractivity contribution >= 4 is 0 Å². The van der Waals surface area contributed by atoms with Crippen molar-refractivity contribution in [3.63, 3.8) is 0 Å². The Bertz CT molecular complexity index is 1470. The summed E-state index contributed by atoms with van der Waals surface area (Å²) >= 11 is 0. The van der Waals surface area contributed by atoms with Crippen LogP contribution in [0, 0.1) is 44.8 Å². The minimum Gasteiger partial charge on any atom is -0.394 e. The van der Waals surface area contributed by atoms with Crippen molar-refractivity contribution in [3.05, 3.63) is 0 Å². The number of aliphatic hydroxyl groups is 9. The van der Waals surface area contributed by atoms with E-state index in [4.69, 9.17) is 23.7 Å². The van der Waals surface area contributed by atoms with Crippen LogP contribution in [0.1, 0.15) is 106 Å². The van der Waals surface area contributed by atoms with E-state index in [-0.39, 0.29) is 45.5 Å². The highest BCUT2D eigenvalue weighted by molar-refractivity contribution is 5.33. The number of fused-ring (bicyclic) bond motifs is 2. The van der Waals surface area contributed by atoms with Crippen molar-refractivity contribution in [2.75, 3.05) is 19.8 Å². The molecule has 14 nitrogen and oxygen atoms in total. The van der Waals surface area contributed by atoms with Crippen LogP contribution < -0.4 is 0 Å². The molecule has 316 valence electrons. The molecule has 55 heavy (non-hydrogen) atoms. The summed E-state index contributed by atoms with van der Waals surface area (Å²) in [6.07, 6.45) is -5.03. The standard InChI is InChI=1S/C41H68O14/c1-34(2)24(53-32-28(27(47)26(46)22(16-42)52-32)54-33-31(48)41(50,18-43)19-51-33)9-11-40-17-39(40)13-12-36(5)30(38(7)10-8-25(55-38)35(3,4)49)21(45)15-37(36,6)23(39)14-20(44)29(34)40/h20-33,42-50H,8-19H2,1-7H3/t20-,21-,22+,23-,24+,25-,26+,27-,28+,29+,30+,31-,32-,33-,36-,37-,38+,39-,40+,41+/m0/s1. The molecule has 9 N–H and O–H groups in total. The third-order valence-electron chi connectivity index (χ3n) is 17.7. The molecule has 0 aromatic heterocycles. The fraction of sp³-hybridized carbons (Fsp3) is 1.00. The molecule has 8 aliphatic rings. The van der Waals surface area contributed by atoms with E-state index in [2.05, 4.69) is 34.6 Å². The first-order valence-electron chi connectivity index (χ1n) is 20.8. The van der Waals surface area contributed by atoms with Gasteiger partial charge in [0.25, 0.3) is 0 Å². The highest BCUT2D eigenvalue weighted by Crippen LogP contribution is 2.89. The van der Waals surface area contributed by atoms with E-state index in [0.29, 0.717) is 19.3 Å². The lowest BCUT2D eigenvalue weighted by Gasteiger charge is -2.65. The molecule has 8 rings (SSSR count). The van der Waals surface area contributed by atoms with Crippen molar-refractivity contribution in [3.8, 4) is 0 Å². The Morgan fingerprint density at radius 3 is 2.11 bits per heavy atom. The van der Waals surface area contributed by atoms with Crippen molar-refractivity contribution in [1.29, 1.82) is 0 Å². The molecule has 0 bridgehead atoms. The summed E-state index contributed by atoms with van der Waals surface area (Å²) in [5.74, 6) is -0.0277. The van der Waals surface area contributed by atoms with Crippen molar-refractivity contribution in [2.45, 2.75) is 191 Å². The van der Waals surface area contributed by atoms with Crippen LogP contribution >= 0.6 is 0 Å². The van der Waals surface area contributed by atoms with Gasteiger partial charge in [0.1, 0.15) is 36.1 Å². The molecular weight excluding hydrogens is 716 g/mol. The predicted molar refractivity (Wildman–Crippen MR) is 194 cm³/mol. The maximum Gasteiger partial charge on any atom is 0.187 e. The van der Waals surface area contributed by atoms with Gasteiger partial charge in [-0.15, -0.1) is 0 Å². The molecule has 0 radical (unpaired) electrons. The second-order valence-electron chi connectivity index (χ2n) is 21.2. The van der Waals surface area contributed by atoms with Gasteiger partial charge >= 0.3 is 0 Å². The third kappa shape index (κ3) is 5.56. The molecule has 2 spiro atoms. The SMILES string of the molecule is CC(C)(O)[C@@H]1CC[C@](C)([C@@H]2[C@@H](O)C[C@@]3(C)[C@@H]4C[C@H](O)[C@@H]5C(C)(C)[C@H](O[C@@H]6O[C@H](CO)[C@@H](O)[C@H](O)[C@H]6O[C@@H]6OC[C@](O)(CO)[C@H]6O)CC[C@@]56C[C@@]46CC[C@@]23C)O1. The van der Waals surface area contributed by atoms with Gasteiger partial charge in [-0.2, -0.15) is 0 Å². The maximum absolute atomic E-state index is 12.4. The minimum absolute atomic E-state index is 0.00376. The zero-order chi connectivity index (χ0) is 40.1. The van der Waals surface area contributed by atoms with Crippen LogP contribution in [0.5, 0.6) is 0 Å². The largest absolute Gasteiger partial charge is 0.394 e. The number of hydrogen-bond acceptors (Lipinski definition) is 14. The van der Waals surface area contributed by atoms with E-state index in [0.717, 1.165) is 38.5 Å². The Morgan fingerprint density at radius 2 is 1.49 bits per heavy atom. The number of aliphatic hydroxyl groups excluding tert-OH is 7. The first kappa shape index (κ1) is 41.2. The smallest absolute Gasteiger partial charge is 0.187 e. The third-order valence-corrected chi connectivity index (χ3v) is 17.7. The summed E-state index contributed by atoms with van der Waals surface area (Å²) in [5.41, 5.74) is -4.71. The van der Waals surface area contributed by atoms with Gasteiger partial charge in [0, 0.05) is 5.92 Å². The minimum atomic E-state index is -1.98. The van der Waals surface area contributed by atoms with Gasteiger partial charge in [-0.25, -0.2) is 0 Å². The normalized spacial score (nSPS) is 58.5. The zero-order valence-corrected chi connectivity index (χ0v) is 33.6. The molecule has 8 fully saturated rings. The van der Waals surface area contributed by atoms with Crippen molar-refractivity contribution in [1.82, 2.24) is 0 Å². The maximum atomic E-state index is 12.4. The fourth-order valence-corrected chi connectivity index (χ4v) is 14.9. The van der Waals surface area contributed by atoms with E-state index in [9.17, 15) is 46.0 Å². The Hall–Kier alpha value is -0.560. The van der Waals surface area contributed by atoms with Crippen LogP contribution in [0.25, 0.3) is 0 Å². The van der Waals surface area contributed by atoms with Crippen LogP contribution in [-0.4, -0.2) is 150 Å². The summed E-state index contributed by atoms with van der Waals surface area (Å²) in [5, 5.41) is 98.2. The molecular formula is C41H68O14.